The van der Waals surface area contributed by atoms with E-state index >= 15 is 0 Å². The summed E-state index contributed by atoms with van der Waals surface area (Å²) >= 11 is 0. The molecule has 1 aliphatic rings. The fourth-order valence-electron chi connectivity index (χ4n) is 1.80. The molecule has 1 aromatic carbocycles. The molecule has 1 fully saturated rings. The Balaban J connectivity index is 2.32. The van der Waals surface area contributed by atoms with Crippen LogP contribution in [0.4, 0.5) is 10.1 Å². The predicted molar refractivity (Wildman–Crippen MR) is 50.8 cm³/mol. The molecule has 1 unspecified atom stereocenters. The first-order chi connectivity index (χ1) is 6.27. The molecule has 0 radical (unpaired) electrons. The second kappa shape index (κ2) is 3.34. The highest BCUT2D eigenvalue weighted by atomic mass is 19.1. The van der Waals surface area contributed by atoms with Crippen LogP contribution in [0.15, 0.2) is 18.2 Å². The highest BCUT2D eigenvalue weighted by molar-refractivity contribution is 5.48. The minimum atomic E-state index is -0.210. The molecule has 0 amide bonds. The lowest BCUT2D eigenvalue weighted by Crippen LogP contribution is -2.14. The van der Waals surface area contributed by atoms with Gasteiger partial charge in [0.25, 0.3) is 0 Å². The molecule has 1 atom stereocenters. The Morgan fingerprint density at radius 3 is 3.00 bits per heavy atom. The number of hydrogen-bond donors (Lipinski definition) is 2. The smallest absolute Gasteiger partial charge is 0.123 e. The molecule has 70 valence electrons. The summed E-state index contributed by atoms with van der Waals surface area (Å²) in [6.07, 6.45) is 2.19. The average Bonchev–Trinajstić information content (AvgIpc) is 2.61. The number of anilines is 1. The molecule has 0 bridgehead atoms. The Morgan fingerprint density at radius 2 is 2.31 bits per heavy atom. The summed E-state index contributed by atoms with van der Waals surface area (Å²) in [6.45, 7) is 1.00. The number of halogens is 1. The number of nitrogens with one attached hydrogen (secondary N) is 1. The van der Waals surface area contributed by atoms with Crippen LogP contribution in [0.25, 0.3) is 0 Å². The van der Waals surface area contributed by atoms with Crippen LogP contribution in [0.3, 0.4) is 0 Å². The molecule has 0 saturated carbocycles. The second-order valence-electron chi connectivity index (χ2n) is 3.42. The van der Waals surface area contributed by atoms with Gasteiger partial charge in [-0.2, -0.15) is 0 Å². The fraction of sp³-hybridized carbons (Fsp3) is 0.400. The average molecular weight is 180 g/mol. The van der Waals surface area contributed by atoms with Gasteiger partial charge in [0.15, 0.2) is 0 Å². The summed E-state index contributed by atoms with van der Waals surface area (Å²) in [7, 11) is 0. The first kappa shape index (κ1) is 8.51. The first-order valence-corrected chi connectivity index (χ1v) is 4.55. The molecule has 2 nitrogen and oxygen atoms in total. The van der Waals surface area contributed by atoms with Gasteiger partial charge in [-0.3, -0.25) is 0 Å². The van der Waals surface area contributed by atoms with Gasteiger partial charge in [-0.1, -0.05) is 0 Å². The summed E-state index contributed by atoms with van der Waals surface area (Å²) in [6, 6.07) is 4.80. The normalized spacial score (nSPS) is 22.1. The number of nitrogen functional groups attached to an aromatic ring is 1. The van der Waals surface area contributed by atoms with Gasteiger partial charge in [-0.15, -0.1) is 0 Å². The van der Waals surface area contributed by atoms with Gasteiger partial charge in [0.1, 0.15) is 5.82 Å². The van der Waals surface area contributed by atoms with Crippen LogP contribution in [-0.2, 0) is 0 Å². The van der Waals surface area contributed by atoms with Crippen molar-refractivity contribution in [3.05, 3.63) is 29.6 Å². The maximum atomic E-state index is 12.9. The summed E-state index contributed by atoms with van der Waals surface area (Å²) in [4.78, 5) is 0. The highest BCUT2D eigenvalue weighted by Crippen LogP contribution is 2.27. The summed E-state index contributed by atoms with van der Waals surface area (Å²) < 4.78 is 12.9. The van der Waals surface area contributed by atoms with Crippen molar-refractivity contribution in [1.82, 2.24) is 5.32 Å². The SMILES string of the molecule is Nc1ccc(F)cc1C1CCCN1. The van der Waals surface area contributed by atoms with Crippen LogP contribution in [0.2, 0.25) is 0 Å². The van der Waals surface area contributed by atoms with Crippen molar-refractivity contribution in [2.24, 2.45) is 0 Å². The van der Waals surface area contributed by atoms with Crippen molar-refractivity contribution < 1.29 is 4.39 Å². The molecule has 3 N–H and O–H groups in total. The maximum Gasteiger partial charge on any atom is 0.123 e. The highest BCUT2D eigenvalue weighted by Gasteiger charge is 2.18. The summed E-state index contributed by atoms with van der Waals surface area (Å²) in [5, 5.41) is 3.29. The molecular weight excluding hydrogens is 167 g/mol. The Kier molecular flexibility index (Phi) is 2.19. The molecule has 1 aliphatic heterocycles. The van der Waals surface area contributed by atoms with E-state index in [-0.39, 0.29) is 11.9 Å². The van der Waals surface area contributed by atoms with Crippen molar-refractivity contribution in [2.45, 2.75) is 18.9 Å². The summed E-state index contributed by atoms with van der Waals surface area (Å²) in [5.41, 5.74) is 7.34. The van der Waals surface area contributed by atoms with Gasteiger partial charge in [-0.25, -0.2) is 4.39 Å². The monoisotopic (exact) mass is 180 g/mol. The Bertz CT molecular complexity index is 306. The van der Waals surface area contributed by atoms with Gasteiger partial charge in [0.05, 0.1) is 0 Å². The van der Waals surface area contributed by atoms with E-state index in [1.807, 2.05) is 0 Å². The maximum absolute atomic E-state index is 12.9. The minimum Gasteiger partial charge on any atom is -0.398 e. The quantitative estimate of drug-likeness (QED) is 0.647. The largest absolute Gasteiger partial charge is 0.398 e. The molecule has 1 heterocycles. The van der Waals surface area contributed by atoms with E-state index in [2.05, 4.69) is 5.32 Å². The van der Waals surface area contributed by atoms with Crippen LogP contribution < -0.4 is 11.1 Å². The Hall–Kier alpha value is -1.09. The third-order valence-corrected chi connectivity index (χ3v) is 2.48. The van der Waals surface area contributed by atoms with Gasteiger partial charge in [0.2, 0.25) is 0 Å². The first-order valence-electron chi connectivity index (χ1n) is 4.55. The van der Waals surface area contributed by atoms with Crippen molar-refractivity contribution in [3.8, 4) is 0 Å². The van der Waals surface area contributed by atoms with E-state index in [1.165, 1.54) is 12.1 Å². The number of nitrogens with two attached hydrogens (primary N) is 1. The second-order valence-corrected chi connectivity index (χ2v) is 3.42. The number of hydrogen-bond acceptors (Lipinski definition) is 2. The Labute approximate surface area is 76.9 Å². The molecule has 1 aromatic rings. The van der Waals surface area contributed by atoms with Crippen LogP contribution in [0.1, 0.15) is 24.4 Å². The van der Waals surface area contributed by atoms with E-state index in [4.69, 9.17) is 5.73 Å². The zero-order valence-electron chi connectivity index (χ0n) is 7.39. The summed E-state index contributed by atoms with van der Waals surface area (Å²) in [5.74, 6) is -0.210. The van der Waals surface area contributed by atoms with Crippen molar-refractivity contribution in [1.29, 1.82) is 0 Å². The lowest BCUT2D eigenvalue weighted by molar-refractivity contribution is 0.608. The molecule has 2 rings (SSSR count). The van der Waals surface area contributed by atoms with E-state index in [0.29, 0.717) is 5.69 Å². The van der Waals surface area contributed by atoms with E-state index < -0.39 is 0 Å². The topological polar surface area (TPSA) is 38.0 Å². The van der Waals surface area contributed by atoms with Crippen molar-refractivity contribution in [3.63, 3.8) is 0 Å². The standard InChI is InChI=1S/C10H13FN2/c11-7-3-4-9(12)8(6-7)10-2-1-5-13-10/h3-4,6,10,13H,1-2,5,12H2. The molecule has 0 spiro atoms. The van der Waals surface area contributed by atoms with Crippen LogP contribution in [0.5, 0.6) is 0 Å². The number of benzene rings is 1. The molecule has 0 aliphatic carbocycles. The van der Waals surface area contributed by atoms with Crippen molar-refractivity contribution >= 4 is 5.69 Å². The predicted octanol–water partition coefficient (Wildman–Crippen LogP) is 1.83. The van der Waals surface area contributed by atoms with Gasteiger partial charge in [-0.05, 0) is 43.1 Å². The zero-order valence-corrected chi connectivity index (χ0v) is 7.39. The van der Waals surface area contributed by atoms with Crippen molar-refractivity contribution in [2.75, 3.05) is 12.3 Å². The molecule has 1 saturated heterocycles. The van der Waals surface area contributed by atoms with Crippen LogP contribution >= 0.6 is 0 Å². The zero-order chi connectivity index (χ0) is 9.26. The molecule has 0 aromatic heterocycles. The number of rotatable bonds is 1. The molecular formula is C10H13FN2. The van der Waals surface area contributed by atoms with E-state index in [9.17, 15) is 4.39 Å². The van der Waals surface area contributed by atoms with Crippen LogP contribution in [-0.4, -0.2) is 6.54 Å². The van der Waals surface area contributed by atoms with E-state index in [0.717, 1.165) is 24.9 Å². The molecule has 13 heavy (non-hydrogen) atoms. The van der Waals surface area contributed by atoms with Gasteiger partial charge in [0, 0.05) is 11.7 Å². The van der Waals surface area contributed by atoms with Crippen LogP contribution in [0, 0.1) is 5.82 Å². The third-order valence-electron chi connectivity index (χ3n) is 2.48. The van der Waals surface area contributed by atoms with E-state index in [1.54, 1.807) is 6.07 Å². The van der Waals surface area contributed by atoms with Gasteiger partial charge >= 0.3 is 0 Å². The fourth-order valence-corrected chi connectivity index (χ4v) is 1.80. The minimum absolute atomic E-state index is 0.210. The Morgan fingerprint density at radius 1 is 1.46 bits per heavy atom. The molecule has 3 heteroatoms. The third kappa shape index (κ3) is 1.65. The van der Waals surface area contributed by atoms with Gasteiger partial charge < -0.3 is 11.1 Å². The lowest BCUT2D eigenvalue weighted by atomic mass is 10.0. The lowest BCUT2D eigenvalue weighted by Gasteiger charge is -2.12.